The minimum Gasteiger partial charge on any atom is -0.360 e. The lowest BCUT2D eigenvalue weighted by Crippen LogP contribution is -2.22. The summed E-state index contributed by atoms with van der Waals surface area (Å²) < 4.78 is 7.11. The van der Waals surface area contributed by atoms with Crippen molar-refractivity contribution in [3.8, 4) is 0 Å². The summed E-state index contributed by atoms with van der Waals surface area (Å²) in [4.78, 5) is 21.5. The van der Waals surface area contributed by atoms with Crippen LogP contribution < -0.4 is 0 Å². The van der Waals surface area contributed by atoms with E-state index in [1.807, 2.05) is 0 Å². The molecule has 22 heavy (non-hydrogen) atoms. The smallest absolute Gasteiger partial charge is 0.271 e. The summed E-state index contributed by atoms with van der Waals surface area (Å²) in [5.74, 6) is 0. The van der Waals surface area contributed by atoms with Gasteiger partial charge in [-0.3, -0.25) is 14.9 Å². The number of ether oxygens (including phenoxy) is 1. The molecule has 2 aromatic rings. The first-order valence-corrected chi connectivity index (χ1v) is 10.7. The Morgan fingerprint density at radius 1 is 1.41 bits per heavy atom. The van der Waals surface area contributed by atoms with E-state index < -0.39 is 13.0 Å². The maximum atomic E-state index is 11.1. The van der Waals surface area contributed by atoms with Crippen molar-refractivity contribution in [2.75, 3.05) is 6.61 Å². The van der Waals surface area contributed by atoms with Crippen molar-refractivity contribution in [3.63, 3.8) is 0 Å². The Kier molecular flexibility index (Phi) is 4.72. The van der Waals surface area contributed by atoms with Gasteiger partial charge in [0.15, 0.2) is 6.29 Å². The van der Waals surface area contributed by atoms with Crippen LogP contribution in [0.25, 0.3) is 10.9 Å². The number of benzene rings is 1. The average Bonchev–Trinajstić information content (AvgIpc) is 2.80. The van der Waals surface area contributed by atoms with Crippen LogP contribution in [0.3, 0.4) is 0 Å². The van der Waals surface area contributed by atoms with Crippen molar-refractivity contribution in [1.29, 1.82) is 0 Å². The van der Waals surface area contributed by atoms with E-state index in [0.717, 1.165) is 6.04 Å². The first kappa shape index (κ1) is 16.3. The number of hydrogen-bond donors (Lipinski definition) is 0. The molecule has 118 valence electrons. The summed E-state index contributed by atoms with van der Waals surface area (Å²) in [7, 11) is -1.17. The SMILES string of the molecule is C[Si](C)(C)CCOCn1nc(C=O)c2ccc([N+](=O)[O-])cc21. The quantitative estimate of drug-likeness (QED) is 0.257. The molecular weight excluding hydrogens is 302 g/mol. The lowest BCUT2D eigenvalue weighted by atomic mass is 10.2. The molecule has 0 amide bonds. The molecule has 0 atom stereocenters. The fraction of sp³-hybridized carbons (Fsp3) is 0.429. The van der Waals surface area contributed by atoms with E-state index in [1.54, 1.807) is 6.07 Å². The van der Waals surface area contributed by atoms with Crippen LogP contribution in [0.4, 0.5) is 5.69 Å². The number of carbonyl (C=O) groups is 1. The molecule has 0 radical (unpaired) electrons. The number of fused-ring (bicyclic) bond motifs is 1. The third-order valence-corrected chi connectivity index (χ3v) is 5.00. The topological polar surface area (TPSA) is 87.3 Å². The lowest BCUT2D eigenvalue weighted by Gasteiger charge is -2.15. The highest BCUT2D eigenvalue weighted by Crippen LogP contribution is 2.23. The molecule has 0 unspecified atom stereocenters. The molecule has 0 aliphatic rings. The minimum atomic E-state index is -1.17. The fourth-order valence-electron chi connectivity index (χ4n) is 2.02. The second-order valence-electron chi connectivity index (χ2n) is 6.31. The highest BCUT2D eigenvalue weighted by molar-refractivity contribution is 6.76. The van der Waals surface area contributed by atoms with Gasteiger partial charge >= 0.3 is 0 Å². The third kappa shape index (κ3) is 3.77. The largest absolute Gasteiger partial charge is 0.360 e. The zero-order chi connectivity index (χ0) is 16.3. The van der Waals surface area contributed by atoms with Crippen molar-refractivity contribution in [2.24, 2.45) is 0 Å². The molecule has 0 saturated carbocycles. The van der Waals surface area contributed by atoms with E-state index in [1.165, 1.54) is 16.8 Å². The van der Waals surface area contributed by atoms with E-state index in [9.17, 15) is 14.9 Å². The maximum absolute atomic E-state index is 11.1. The number of aldehydes is 1. The third-order valence-electron chi connectivity index (χ3n) is 3.30. The summed E-state index contributed by atoms with van der Waals surface area (Å²) in [6, 6.07) is 5.35. The number of nitro benzene ring substituents is 1. The average molecular weight is 321 g/mol. The van der Waals surface area contributed by atoms with Gasteiger partial charge in [-0.15, -0.1) is 0 Å². The van der Waals surface area contributed by atoms with Crippen LogP contribution in [0.1, 0.15) is 10.5 Å². The first-order chi connectivity index (χ1) is 10.3. The zero-order valence-electron chi connectivity index (χ0n) is 12.9. The van der Waals surface area contributed by atoms with E-state index in [-0.39, 0.29) is 18.1 Å². The lowest BCUT2D eigenvalue weighted by molar-refractivity contribution is -0.384. The number of rotatable bonds is 7. The number of nitrogens with zero attached hydrogens (tertiary/aromatic N) is 3. The van der Waals surface area contributed by atoms with Crippen LogP contribution in [-0.2, 0) is 11.5 Å². The Bertz CT molecular complexity index is 706. The molecular formula is C14H19N3O4Si. The Balaban J connectivity index is 2.22. The predicted octanol–water partition coefficient (Wildman–Crippen LogP) is 3.07. The van der Waals surface area contributed by atoms with Gasteiger partial charge in [-0.05, 0) is 12.1 Å². The zero-order valence-corrected chi connectivity index (χ0v) is 13.9. The van der Waals surface area contributed by atoms with E-state index >= 15 is 0 Å². The van der Waals surface area contributed by atoms with Crippen molar-refractivity contribution in [2.45, 2.75) is 32.4 Å². The molecule has 0 N–H and O–H groups in total. The molecule has 1 aromatic heterocycles. The summed E-state index contributed by atoms with van der Waals surface area (Å²) in [6.45, 7) is 7.56. The van der Waals surface area contributed by atoms with E-state index in [2.05, 4.69) is 24.7 Å². The fourth-order valence-corrected chi connectivity index (χ4v) is 2.77. The van der Waals surface area contributed by atoms with Gasteiger partial charge in [-0.1, -0.05) is 19.6 Å². The molecule has 1 aromatic carbocycles. The van der Waals surface area contributed by atoms with Crippen LogP contribution in [-0.4, -0.2) is 35.7 Å². The summed E-state index contributed by atoms with van der Waals surface area (Å²) in [5.41, 5.74) is 0.760. The van der Waals surface area contributed by atoms with Gasteiger partial charge in [0, 0.05) is 32.2 Å². The Labute approximate surface area is 129 Å². The van der Waals surface area contributed by atoms with E-state index in [0.29, 0.717) is 23.8 Å². The molecule has 0 aliphatic heterocycles. The van der Waals surface area contributed by atoms with Gasteiger partial charge in [-0.2, -0.15) is 5.10 Å². The predicted molar refractivity (Wildman–Crippen MR) is 85.9 cm³/mol. The van der Waals surface area contributed by atoms with Crippen molar-refractivity contribution in [1.82, 2.24) is 9.78 Å². The maximum Gasteiger partial charge on any atom is 0.271 e. The minimum absolute atomic E-state index is 0.0341. The highest BCUT2D eigenvalue weighted by atomic mass is 28.3. The molecule has 0 saturated heterocycles. The van der Waals surface area contributed by atoms with Gasteiger partial charge < -0.3 is 4.74 Å². The normalized spacial score (nSPS) is 11.8. The summed E-state index contributed by atoms with van der Waals surface area (Å²) in [5, 5.41) is 15.6. The number of non-ortho nitro benzene ring substituents is 1. The van der Waals surface area contributed by atoms with E-state index in [4.69, 9.17) is 4.74 Å². The summed E-state index contributed by atoms with van der Waals surface area (Å²) in [6.07, 6.45) is 0.646. The van der Waals surface area contributed by atoms with Crippen LogP contribution in [0, 0.1) is 10.1 Å². The molecule has 0 spiro atoms. The van der Waals surface area contributed by atoms with Crippen LogP contribution in [0.5, 0.6) is 0 Å². The molecule has 0 aliphatic carbocycles. The number of nitro groups is 1. The summed E-state index contributed by atoms with van der Waals surface area (Å²) >= 11 is 0. The van der Waals surface area contributed by atoms with Gasteiger partial charge in [0.05, 0.1) is 10.4 Å². The molecule has 7 nitrogen and oxygen atoms in total. The van der Waals surface area contributed by atoms with Crippen molar-refractivity contribution in [3.05, 3.63) is 34.0 Å². The first-order valence-electron chi connectivity index (χ1n) is 7.00. The van der Waals surface area contributed by atoms with Crippen LogP contribution in [0.2, 0.25) is 25.7 Å². The number of aromatic nitrogens is 2. The monoisotopic (exact) mass is 321 g/mol. The Morgan fingerprint density at radius 3 is 2.73 bits per heavy atom. The van der Waals surface area contributed by atoms with Crippen LogP contribution in [0.15, 0.2) is 18.2 Å². The van der Waals surface area contributed by atoms with Crippen LogP contribution >= 0.6 is 0 Å². The van der Waals surface area contributed by atoms with Gasteiger partial charge in [0.2, 0.25) is 0 Å². The highest BCUT2D eigenvalue weighted by Gasteiger charge is 2.15. The number of carbonyl (C=O) groups excluding carboxylic acids is 1. The molecule has 1 heterocycles. The Hall–Kier alpha value is -2.06. The second-order valence-corrected chi connectivity index (χ2v) is 11.9. The van der Waals surface area contributed by atoms with Gasteiger partial charge in [0.1, 0.15) is 12.4 Å². The molecule has 0 fully saturated rings. The second kappa shape index (κ2) is 6.37. The molecule has 8 heteroatoms. The van der Waals surface area contributed by atoms with Crippen molar-refractivity contribution >= 4 is 31.0 Å². The molecule has 0 bridgehead atoms. The van der Waals surface area contributed by atoms with Crippen molar-refractivity contribution < 1.29 is 14.5 Å². The standard InChI is InChI=1S/C14H19N3O4Si/c1-22(2,3)7-6-21-10-16-14-8-11(17(19)20)4-5-12(14)13(9-18)15-16/h4-5,8-9H,6-7,10H2,1-3H3. The van der Waals surface area contributed by atoms with Gasteiger partial charge in [0.25, 0.3) is 5.69 Å². The Morgan fingerprint density at radius 2 is 2.14 bits per heavy atom. The number of hydrogen-bond acceptors (Lipinski definition) is 5. The molecule has 2 rings (SSSR count). The van der Waals surface area contributed by atoms with Gasteiger partial charge in [-0.25, -0.2) is 4.68 Å².